The second kappa shape index (κ2) is 6.58. The molecule has 0 aliphatic heterocycles. The van der Waals surface area contributed by atoms with Crippen molar-refractivity contribution in [1.29, 1.82) is 0 Å². The number of nitrogens with one attached hydrogen (secondary N) is 1. The van der Waals surface area contributed by atoms with Crippen LogP contribution in [0.2, 0.25) is 0 Å². The average molecular weight is 257 g/mol. The van der Waals surface area contributed by atoms with E-state index in [0.717, 1.165) is 31.7 Å². The Morgan fingerprint density at radius 3 is 2.84 bits per heavy atom. The lowest BCUT2D eigenvalue weighted by Crippen LogP contribution is -2.13. The first kappa shape index (κ1) is 13.9. The Hall–Kier alpha value is -1.54. The van der Waals surface area contributed by atoms with E-state index in [1.54, 1.807) is 7.11 Å². The van der Waals surface area contributed by atoms with Gasteiger partial charge in [0, 0.05) is 13.1 Å². The van der Waals surface area contributed by atoms with Crippen LogP contribution >= 0.6 is 0 Å². The van der Waals surface area contributed by atoms with Gasteiger partial charge in [0.2, 0.25) is 0 Å². The standard InChI is InChI=1S/C17H23NO/c1-13(2)8-10-18-11-9-15-5-4-14-6-7-16(19-3)12-17(14)15/h6-9,12,18H,4-5,10-11H2,1-3H3/b15-9+. The zero-order valence-electron chi connectivity index (χ0n) is 12.1. The Morgan fingerprint density at radius 1 is 1.26 bits per heavy atom. The molecule has 0 amide bonds. The van der Waals surface area contributed by atoms with Crippen molar-refractivity contribution in [2.75, 3.05) is 20.2 Å². The molecule has 2 heteroatoms. The minimum Gasteiger partial charge on any atom is -0.497 e. The summed E-state index contributed by atoms with van der Waals surface area (Å²) >= 11 is 0. The first-order valence-corrected chi connectivity index (χ1v) is 6.91. The van der Waals surface area contributed by atoms with E-state index in [-0.39, 0.29) is 0 Å². The number of methoxy groups -OCH3 is 1. The van der Waals surface area contributed by atoms with Gasteiger partial charge in [0.1, 0.15) is 5.75 Å². The Bertz CT molecular complexity index is 496. The van der Waals surface area contributed by atoms with Crippen LogP contribution in [-0.2, 0) is 6.42 Å². The van der Waals surface area contributed by atoms with Gasteiger partial charge in [-0.1, -0.05) is 23.8 Å². The molecule has 1 N–H and O–H groups in total. The monoisotopic (exact) mass is 257 g/mol. The van der Waals surface area contributed by atoms with E-state index in [1.807, 2.05) is 0 Å². The van der Waals surface area contributed by atoms with Gasteiger partial charge in [0.05, 0.1) is 7.11 Å². The van der Waals surface area contributed by atoms with E-state index in [1.165, 1.54) is 22.3 Å². The number of aryl methyl sites for hydroxylation is 1. The predicted octanol–water partition coefficient (Wildman–Crippen LogP) is 3.58. The maximum absolute atomic E-state index is 5.31. The molecule has 0 spiro atoms. The molecule has 0 aromatic heterocycles. The normalized spacial score (nSPS) is 15.4. The molecule has 0 bridgehead atoms. The number of ether oxygens (including phenoxy) is 1. The molecule has 1 aromatic carbocycles. The quantitative estimate of drug-likeness (QED) is 0.643. The van der Waals surface area contributed by atoms with Crippen LogP contribution in [0, 0.1) is 0 Å². The zero-order chi connectivity index (χ0) is 13.7. The van der Waals surface area contributed by atoms with Crippen LogP contribution in [-0.4, -0.2) is 20.2 Å². The lowest BCUT2D eigenvalue weighted by molar-refractivity contribution is 0.414. The summed E-state index contributed by atoms with van der Waals surface area (Å²) in [5, 5.41) is 3.42. The molecule has 102 valence electrons. The molecule has 0 fully saturated rings. The Kier molecular flexibility index (Phi) is 4.80. The van der Waals surface area contributed by atoms with Crippen LogP contribution in [0.5, 0.6) is 5.75 Å². The Balaban J connectivity index is 1.99. The predicted molar refractivity (Wildman–Crippen MR) is 81.6 cm³/mol. The van der Waals surface area contributed by atoms with Crippen LogP contribution < -0.4 is 10.1 Å². The SMILES string of the molecule is COc1ccc2c(c1)/C(=C/CNCC=C(C)C)CC2. The third-order valence-corrected chi connectivity index (χ3v) is 3.47. The zero-order valence-corrected chi connectivity index (χ0v) is 12.1. The number of fused-ring (bicyclic) bond motifs is 1. The fourth-order valence-corrected chi connectivity index (χ4v) is 2.37. The number of benzene rings is 1. The minimum atomic E-state index is 0.926. The summed E-state index contributed by atoms with van der Waals surface area (Å²) in [4.78, 5) is 0. The van der Waals surface area contributed by atoms with E-state index < -0.39 is 0 Å². The maximum Gasteiger partial charge on any atom is 0.119 e. The number of rotatable bonds is 5. The van der Waals surface area contributed by atoms with Crippen LogP contribution in [0.25, 0.3) is 5.57 Å². The van der Waals surface area contributed by atoms with Gasteiger partial charge in [-0.3, -0.25) is 0 Å². The number of hydrogen-bond donors (Lipinski definition) is 1. The maximum atomic E-state index is 5.31. The average Bonchev–Trinajstić information content (AvgIpc) is 2.80. The fraction of sp³-hybridized carbons (Fsp3) is 0.412. The van der Waals surface area contributed by atoms with E-state index in [4.69, 9.17) is 4.74 Å². The molecule has 2 nitrogen and oxygen atoms in total. The highest BCUT2D eigenvalue weighted by Crippen LogP contribution is 2.34. The van der Waals surface area contributed by atoms with Crippen molar-refractivity contribution in [3.05, 3.63) is 47.1 Å². The summed E-state index contributed by atoms with van der Waals surface area (Å²) in [5.74, 6) is 0.948. The summed E-state index contributed by atoms with van der Waals surface area (Å²) < 4.78 is 5.31. The van der Waals surface area contributed by atoms with Crippen molar-refractivity contribution in [2.45, 2.75) is 26.7 Å². The van der Waals surface area contributed by atoms with Gasteiger partial charge in [0.15, 0.2) is 0 Å². The molecule has 1 aromatic rings. The molecule has 1 aliphatic rings. The molecule has 0 unspecified atom stereocenters. The highest BCUT2D eigenvalue weighted by Gasteiger charge is 2.16. The van der Waals surface area contributed by atoms with Crippen molar-refractivity contribution in [3.63, 3.8) is 0 Å². The van der Waals surface area contributed by atoms with Crippen molar-refractivity contribution >= 4 is 5.57 Å². The van der Waals surface area contributed by atoms with Crippen molar-refractivity contribution in [3.8, 4) is 5.75 Å². The molecule has 0 saturated carbocycles. The Morgan fingerprint density at radius 2 is 2.11 bits per heavy atom. The molecule has 0 radical (unpaired) electrons. The summed E-state index contributed by atoms with van der Waals surface area (Å²) in [6.45, 7) is 6.12. The van der Waals surface area contributed by atoms with Gasteiger partial charge in [-0.25, -0.2) is 0 Å². The number of allylic oxidation sites excluding steroid dienone is 2. The van der Waals surface area contributed by atoms with Crippen molar-refractivity contribution in [2.24, 2.45) is 0 Å². The summed E-state index contributed by atoms with van der Waals surface area (Å²) in [7, 11) is 1.72. The van der Waals surface area contributed by atoms with Crippen LogP contribution in [0.15, 0.2) is 35.9 Å². The van der Waals surface area contributed by atoms with E-state index in [0.29, 0.717) is 0 Å². The minimum absolute atomic E-state index is 0.926. The fourth-order valence-electron chi connectivity index (χ4n) is 2.37. The first-order chi connectivity index (χ1) is 9.20. The molecule has 1 aliphatic carbocycles. The smallest absolute Gasteiger partial charge is 0.119 e. The van der Waals surface area contributed by atoms with Gasteiger partial charge in [-0.05, 0) is 55.5 Å². The van der Waals surface area contributed by atoms with Gasteiger partial charge < -0.3 is 10.1 Å². The van der Waals surface area contributed by atoms with Gasteiger partial charge in [-0.2, -0.15) is 0 Å². The molecular weight excluding hydrogens is 234 g/mol. The van der Waals surface area contributed by atoms with Crippen LogP contribution in [0.3, 0.4) is 0 Å². The Labute approximate surface area is 116 Å². The third-order valence-electron chi connectivity index (χ3n) is 3.47. The largest absolute Gasteiger partial charge is 0.497 e. The third kappa shape index (κ3) is 3.71. The second-order valence-electron chi connectivity index (χ2n) is 5.19. The van der Waals surface area contributed by atoms with Crippen molar-refractivity contribution in [1.82, 2.24) is 5.32 Å². The highest BCUT2D eigenvalue weighted by atomic mass is 16.5. The number of hydrogen-bond acceptors (Lipinski definition) is 2. The summed E-state index contributed by atoms with van der Waals surface area (Å²) in [6, 6.07) is 6.39. The summed E-state index contributed by atoms with van der Waals surface area (Å²) in [5.41, 5.74) is 5.61. The van der Waals surface area contributed by atoms with E-state index >= 15 is 0 Å². The van der Waals surface area contributed by atoms with Crippen LogP contribution in [0.1, 0.15) is 31.4 Å². The van der Waals surface area contributed by atoms with Gasteiger partial charge in [0.25, 0.3) is 0 Å². The van der Waals surface area contributed by atoms with Crippen LogP contribution in [0.4, 0.5) is 0 Å². The van der Waals surface area contributed by atoms with Gasteiger partial charge >= 0.3 is 0 Å². The first-order valence-electron chi connectivity index (χ1n) is 6.91. The molecule has 0 saturated heterocycles. The summed E-state index contributed by atoms with van der Waals surface area (Å²) in [6.07, 6.45) is 6.82. The highest BCUT2D eigenvalue weighted by molar-refractivity contribution is 5.73. The lowest BCUT2D eigenvalue weighted by atomic mass is 10.1. The molecule has 19 heavy (non-hydrogen) atoms. The lowest BCUT2D eigenvalue weighted by Gasteiger charge is -2.05. The molecule has 0 atom stereocenters. The van der Waals surface area contributed by atoms with Gasteiger partial charge in [-0.15, -0.1) is 0 Å². The van der Waals surface area contributed by atoms with Crippen molar-refractivity contribution < 1.29 is 4.74 Å². The molecular formula is C17H23NO. The van der Waals surface area contributed by atoms with E-state index in [9.17, 15) is 0 Å². The molecule has 0 heterocycles. The molecule has 2 rings (SSSR count). The van der Waals surface area contributed by atoms with E-state index in [2.05, 4.69) is 49.5 Å². The topological polar surface area (TPSA) is 21.3 Å². The second-order valence-corrected chi connectivity index (χ2v) is 5.19.